The number of hydrogen-bond donors (Lipinski definition) is 0. The number of benzene rings is 2. The fourth-order valence-electron chi connectivity index (χ4n) is 3.68. The zero-order chi connectivity index (χ0) is 17.4. The van der Waals surface area contributed by atoms with Gasteiger partial charge in [-0.2, -0.15) is 5.10 Å². The Morgan fingerprint density at radius 3 is 2.52 bits per heavy atom. The normalized spacial score (nSPS) is 16.7. The molecule has 4 heteroatoms. The molecule has 1 atom stereocenters. The second-order valence-corrected chi connectivity index (χ2v) is 6.42. The molecule has 3 nitrogen and oxygen atoms in total. The summed E-state index contributed by atoms with van der Waals surface area (Å²) in [4.78, 5) is 12.8. The maximum absolute atomic E-state index is 14.3. The Kier molecular flexibility index (Phi) is 3.96. The number of Topliss-reactive ketones (excluding diaryl/α,β-unsaturated/α-hetero) is 1. The highest BCUT2D eigenvalue weighted by Crippen LogP contribution is 2.35. The van der Waals surface area contributed by atoms with Crippen LogP contribution in [-0.4, -0.2) is 15.6 Å². The molecular weight excluding hydrogens is 315 g/mol. The lowest BCUT2D eigenvalue weighted by atomic mass is 9.81. The summed E-state index contributed by atoms with van der Waals surface area (Å²) in [7, 11) is 0. The molecule has 2 aromatic carbocycles. The summed E-state index contributed by atoms with van der Waals surface area (Å²) < 4.78 is 16.0. The van der Waals surface area contributed by atoms with Crippen LogP contribution in [0.25, 0.3) is 5.69 Å². The predicted molar refractivity (Wildman–Crippen MR) is 94.7 cm³/mol. The summed E-state index contributed by atoms with van der Waals surface area (Å²) >= 11 is 0. The monoisotopic (exact) mass is 334 g/mol. The van der Waals surface area contributed by atoms with Crippen molar-refractivity contribution < 1.29 is 9.18 Å². The van der Waals surface area contributed by atoms with Crippen molar-refractivity contribution in [2.24, 2.45) is 0 Å². The van der Waals surface area contributed by atoms with Crippen LogP contribution in [0.15, 0.2) is 54.6 Å². The second kappa shape index (κ2) is 6.28. The van der Waals surface area contributed by atoms with Crippen molar-refractivity contribution in [3.8, 4) is 5.69 Å². The number of halogens is 1. The van der Waals surface area contributed by atoms with Crippen LogP contribution in [0.4, 0.5) is 4.39 Å². The molecule has 25 heavy (non-hydrogen) atoms. The number of hydrogen-bond acceptors (Lipinski definition) is 2. The van der Waals surface area contributed by atoms with Gasteiger partial charge < -0.3 is 0 Å². The van der Waals surface area contributed by atoms with Gasteiger partial charge in [0.2, 0.25) is 0 Å². The molecule has 0 N–H and O–H groups in total. The predicted octanol–water partition coefficient (Wildman–Crippen LogP) is 4.49. The average Bonchev–Trinajstić information content (AvgIpc) is 3.02. The van der Waals surface area contributed by atoms with Gasteiger partial charge in [0.25, 0.3) is 0 Å². The standard InChI is InChI=1S/C21H19FN2O/c1-2-17-21-19(24(23-17)18-11-7-6-10-16(18)22)12-15(13-20(21)25)14-8-4-3-5-9-14/h3-11,15H,2,12-13H2,1H3/t15-/m0/s1. The van der Waals surface area contributed by atoms with Gasteiger partial charge in [-0.05, 0) is 36.5 Å². The van der Waals surface area contributed by atoms with Gasteiger partial charge >= 0.3 is 0 Å². The lowest BCUT2D eigenvalue weighted by Gasteiger charge is -2.23. The summed E-state index contributed by atoms with van der Waals surface area (Å²) in [5.74, 6) is -0.118. The molecule has 0 amide bonds. The van der Waals surface area contributed by atoms with Crippen LogP contribution in [0.3, 0.4) is 0 Å². The van der Waals surface area contributed by atoms with Gasteiger partial charge in [0.05, 0.1) is 17.0 Å². The first-order valence-corrected chi connectivity index (χ1v) is 8.62. The minimum absolute atomic E-state index is 0.105. The molecule has 1 heterocycles. The molecule has 1 aliphatic carbocycles. The van der Waals surface area contributed by atoms with Gasteiger partial charge in [0.1, 0.15) is 11.5 Å². The number of nitrogens with zero attached hydrogens (tertiary/aromatic N) is 2. The molecule has 0 unspecified atom stereocenters. The first-order chi connectivity index (χ1) is 12.2. The lowest BCUT2D eigenvalue weighted by molar-refractivity contribution is 0.0963. The second-order valence-electron chi connectivity index (χ2n) is 6.42. The summed E-state index contributed by atoms with van der Waals surface area (Å²) in [6, 6.07) is 16.6. The third kappa shape index (κ3) is 2.68. The molecule has 3 aromatic rings. The number of fused-ring (bicyclic) bond motifs is 1. The number of carbonyl (C=O) groups excluding carboxylic acids is 1. The fraction of sp³-hybridized carbons (Fsp3) is 0.238. The molecular formula is C21H19FN2O. The summed E-state index contributed by atoms with van der Waals surface area (Å²) in [5.41, 5.74) is 3.82. The first kappa shape index (κ1) is 15.8. The van der Waals surface area contributed by atoms with Crippen molar-refractivity contribution in [1.29, 1.82) is 0 Å². The van der Waals surface area contributed by atoms with E-state index in [9.17, 15) is 9.18 Å². The summed E-state index contributed by atoms with van der Waals surface area (Å²) in [6.45, 7) is 1.98. The molecule has 0 saturated heterocycles. The molecule has 1 aromatic heterocycles. The fourth-order valence-corrected chi connectivity index (χ4v) is 3.68. The van der Waals surface area contributed by atoms with Gasteiger partial charge in [-0.1, -0.05) is 49.4 Å². The maximum Gasteiger partial charge on any atom is 0.167 e. The SMILES string of the molecule is CCc1nn(-c2ccccc2F)c2c1C(=O)C[C@@H](c1ccccc1)C2. The number of carbonyl (C=O) groups is 1. The highest BCUT2D eigenvalue weighted by Gasteiger charge is 2.33. The first-order valence-electron chi connectivity index (χ1n) is 8.62. The molecule has 0 bridgehead atoms. The van der Waals surface area contributed by atoms with Crippen molar-refractivity contribution >= 4 is 5.78 Å². The molecule has 0 saturated carbocycles. The Morgan fingerprint density at radius 2 is 1.80 bits per heavy atom. The Labute approximate surface area is 146 Å². The minimum Gasteiger partial charge on any atom is -0.294 e. The number of para-hydroxylation sites is 1. The van der Waals surface area contributed by atoms with Crippen LogP contribution in [0, 0.1) is 5.82 Å². The van der Waals surface area contributed by atoms with Crippen LogP contribution in [0.5, 0.6) is 0 Å². The van der Waals surface area contributed by atoms with E-state index < -0.39 is 0 Å². The number of aromatic nitrogens is 2. The van der Waals surface area contributed by atoms with E-state index in [2.05, 4.69) is 5.10 Å². The van der Waals surface area contributed by atoms with E-state index in [1.165, 1.54) is 6.07 Å². The van der Waals surface area contributed by atoms with Crippen LogP contribution in [0.2, 0.25) is 0 Å². The van der Waals surface area contributed by atoms with Crippen molar-refractivity contribution in [2.45, 2.75) is 32.1 Å². The zero-order valence-electron chi connectivity index (χ0n) is 14.1. The molecule has 1 aliphatic rings. The third-order valence-electron chi connectivity index (χ3n) is 4.89. The number of aryl methyl sites for hydroxylation is 1. The van der Waals surface area contributed by atoms with Gasteiger partial charge in [0, 0.05) is 6.42 Å². The molecule has 126 valence electrons. The van der Waals surface area contributed by atoms with Gasteiger partial charge in [0.15, 0.2) is 5.78 Å². The smallest absolute Gasteiger partial charge is 0.167 e. The van der Waals surface area contributed by atoms with E-state index >= 15 is 0 Å². The lowest BCUT2D eigenvalue weighted by Crippen LogP contribution is -2.21. The van der Waals surface area contributed by atoms with Gasteiger partial charge in [-0.25, -0.2) is 9.07 Å². The van der Waals surface area contributed by atoms with E-state index in [4.69, 9.17) is 0 Å². The molecule has 0 aliphatic heterocycles. The summed E-state index contributed by atoms with van der Waals surface area (Å²) in [5, 5.41) is 4.58. The number of rotatable bonds is 3. The Hall–Kier alpha value is -2.75. The molecule has 0 spiro atoms. The zero-order valence-corrected chi connectivity index (χ0v) is 14.1. The third-order valence-corrected chi connectivity index (χ3v) is 4.89. The number of ketones is 1. The van der Waals surface area contributed by atoms with E-state index in [0.29, 0.717) is 30.5 Å². The van der Waals surface area contributed by atoms with E-state index in [1.807, 2.05) is 37.3 Å². The largest absolute Gasteiger partial charge is 0.294 e. The van der Waals surface area contributed by atoms with Crippen molar-refractivity contribution in [2.75, 3.05) is 0 Å². The molecule has 0 radical (unpaired) electrons. The van der Waals surface area contributed by atoms with Gasteiger partial charge in [-0.15, -0.1) is 0 Å². The van der Waals surface area contributed by atoms with Crippen LogP contribution >= 0.6 is 0 Å². The topological polar surface area (TPSA) is 34.9 Å². The Balaban J connectivity index is 1.85. The van der Waals surface area contributed by atoms with Gasteiger partial charge in [-0.3, -0.25) is 4.79 Å². The molecule has 0 fully saturated rings. The highest BCUT2D eigenvalue weighted by molar-refractivity contribution is 6.00. The molecule has 4 rings (SSSR count). The summed E-state index contributed by atoms with van der Waals surface area (Å²) in [6.07, 6.45) is 1.82. The van der Waals surface area contributed by atoms with Crippen LogP contribution < -0.4 is 0 Å². The average molecular weight is 334 g/mol. The minimum atomic E-state index is -0.329. The van der Waals surface area contributed by atoms with Crippen molar-refractivity contribution in [3.05, 3.63) is 82.9 Å². The van der Waals surface area contributed by atoms with Crippen LogP contribution in [-0.2, 0) is 12.8 Å². The highest BCUT2D eigenvalue weighted by atomic mass is 19.1. The van der Waals surface area contributed by atoms with Crippen LogP contribution in [0.1, 0.15) is 46.6 Å². The van der Waals surface area contributed by atoms with E-state index in [-0.39, 0.29) is 17.5 Å². The Bertz CT molecular complexity index is 930. The van der Waals surface area contributed by atoms with E-state index in [0.717, 1.165) is 17.0 Å². The maximum atomic E-state index is 14.3. The van der Waals surface area contributed by atoms with Crippen molar-refractivity contribution in [1.82, 2.24) is 9.78 Å². The van der Waals surface area contributed by atoms with E-state index in [1.54, 1.807) is 22.9 Å². The Morgan fingerprint density at radius 1 is 1.08 bits per heavy atom. The quantitative estimate of drug-likeness (QED) is 0.707. The van der Waals surface area contributed by atoms with Crippen molar-refractivity contribution in [3.63, 3.8) is 0 Å².